The maximum atomic E-state index is 6.28. The third-order valence-corrected chi connectivity index (χ3v) is 9.28. The standard InChI is InChI=1S/C44H30N2O/c1-28-26-39(35-17-8-7-16-34(35)36-19-11-21-41-42(36)37-18-9-10-20-40(37)47-41)45-44(31-13-3-2-4-14-31)46-43(28)32-25-24-30-23-22-29-12-5-6-15-33(29)38(30)27-32/h2-25,27H,26H2,1H3. The van der Waals surface area contributed by atoms with Crippen molar-refractivity contribution in [1.29, 1.82) is 0 Å². The molecule has 0 radical (unpaired) electrons. The molecule has 7 aromatic carbocycles. The Labute approximate surface area is 272 Å². The lowest BCUT2D eigenvalue weighted by atomic mass is 9.90. The van der Waals surface area contributed by atoms with E-state index in [0.717, 1.165) is 61.2 Å². The molecule has 1 aromatic heterocycles. The Balaban J connectivity index is 1.24. The van der Waals surface area contributed by atoms with E-state index in [1.54, 1.807) is 0 Å². The highest BCUT2D eigenvalue weighted by Crippen LogP contribution is 2.39. The topological polar surface area (TPSA) is 37.9 Å². The van der Waals surface area contributed by atoms with Crippen molar-refractivity contribution in [3.05, 3.63) is 174 Å². The van der Waals surface area contributed by atoms with Gasteiger partial charge in [0.05, 0.1) is 11.4 Å². The number of aliphatic imine (C=N–C) groups is 2. The summed E-state index contributed by atoms with van der Waals surface area (Å²) in [7, 11) is 0. The van der Waals surface area contributed by atoms with Gasteiger partial charge in [-0.1, -0.05) is 133 Å². The number of nitrogens with zero attached hydrogens (tertiary/aromatic N) is 2. The lowest BCUT2D eigenvalue weighted by Crippen LogP contribution is -2.07. The first-order chi connectivity index (χ1) is 23.2. The monoisotopic (exact) mass is 602 g/mol. The van der Waals surface area contributed by atoms with Crippen LogP contribution in [0.25, 0.3) is 60.3 Å². The van der Waals surface area contributed by atoms with Crippen LogP contribution in [0.1, 0.15) is 30.0 Å². The largest absolute Gasteiger partial charge is 0.456 e. The molecule has 9 rings (SSSR count). The molecule has 222 valence electrons. The molecule has 1 aliphatic rings. The fourth-order valence-corrected chi connectivity index (χ4v) is 7.03. The average molecular weight is 603 g/mol. The van der Waals surface area contributed by atoms with E-state index >= 15 is 0 Å². The average Bonchev–Trinajstić information content (AvgIpc) is 3.42. The molecule has 0 saturated heterocycles. The zero-order valence-electron chi connectivity index (χ0n) is 25.9. The summed E-state index contributed by atoms with van der Waals surface area (Å²) in [6, 6.07) is 53.2. The third kappa shape index (κ3) is 4.67. The zero-order chi connectivity index (χ0) is 31.3. The number of furan rings is 1. The molecule has 3 nitrogen and oxygen atoms in total. The highest BCUT2D eigenvalue weighted by atomic mass is 16.3. The molecule has 2 heterocycles. The lowest BCUT2D eigenvalue weighted by Gasteiger charge is -2.14. The number of fused-ring (bicyclic) bond motifs is 6. The maximum Gasteiger partial charge on any atom is 0.160 e. The Hall–Kier alpha value is -6.06. The quantitative estimate of drug-likeness (QED) is 0.185. The van der Waals surface area contributed by atoms with E-state index < -0.39 is 0 Å². The Morgan fingerprint density at radius 2 is 1.15 bits per heavy atom. The van der Waals surface area contributed by atoms with Crippen LogP contribution in [0.2, 0.25) is 0 Å². The summed E-state index contributed by atoms with van der Waals surface area (Å²) in [4.78, 5) is 10.7. The minimum absolute atomic E-state index is 0.669. The molecule has 0 unspecified atom stereocenters. The number of hydrogen-bond donors (Lipinski definition) is 0. The number of para-hydroxylation sites is 1. The molecule has 0 N–H and O–H groups in total. The Morgan fingerprint density at radius 3 is 2.02 bits per heavy atom. The van der Waals surface area contributed by atoms with Crippen LogP contribution in [-0.2, 0) is 0 Å². The van der Waals surface area contributed by atoms with Crippen LogP contribution < -0.4 is 0 Å². The summed E-state index contributed by atoms with van der Waals surface area (Å²) in [5, 5.41) is 7.17. The van der Waals surface area contributed by atoms with Gasteiger partial charge in [-0.25, -0.2) is 9.98 Å². The summed E-state index contributed by atoms with van der Waals surface area (Å²) >= 11 is 0. The summed E-state index contributed by atoms with van der Waals surface area (Å²) in [6.07, 6.45) is 0.669. The Bertz CT molecular complexity index is 2600. The number of allylic oxidation sites excluding steroid dienone is 1. The minimum atomic E-state index is 0.669. The SMILES string of the molecule is CC1=C(c2ccc3ccc4ccccc4c3c2)N=C(c2ccccc2)N=C(c2ccccc2-c2cccc3oc4ccccc4c23)C1. The van der Waals surface area contributed by atoms with Crippen molar-refractivity contribution in [1.82, 2.24) is 0 Å². The van der Waals surface area contributed by atoms with Crippen LogP contribution in [0.3, 0.4) is 0 Å². The first-order valence-corrected chi connectivity index (χ1v) is 16.0. The molecular formula is C44H30N2O. The zero-order valence-corrected chi connectivity index (χ0v) is 25.9. The molecule has 0 bridgehead atoms. The van der Waals surface area contributed by atoms with Crippen LogP contribution in [0, 0.1) is 0 Å². The van der Waals surface area contributed by atoms with Crippen molar-refractivity contribution in [3.63, 3.8) is 0 Å². The molecule has 47 heavy (non-hydrogen) atoms. The van der Waals surface area contributed by atoms with Gasteiger partial charge in [0.25, 0.3) is 0 Å². The first-order valence-electron chi connectivity index (χ1n) is 16.0. The Morgan fingerprint density at radius 1 is 0.489 bits per heavy atom. The van der Waals surface area contributed by atoms with E-state index in [9.17, 15) is 0 Å². The van der Waals surface area contributed by atoms with Crippen molar-refractivity contribution in [2.45, 2.75) is 13.3 Å². The molecule has 0 saturated carbocycles. The van der Waals surface area contributed by atoms with E-state index in [4.69, 9.17) is 14.4 Å². The van der Waals surface area contributed by atoms with Crippen LogP contribution in [-0.4, -0.2) is 11.5 Å². The van der Waals surface area contributed by atoms with Gasteiger partial charge in [0, 0.05) is 33.9 Å². The normalized spacial score (nSPS) is 13.7. The van der Waals surface area contributed by atoms with Gasteiger partial charge >= 0.3 is 0 Å². The number of amidine groups is 1. The van der Waals surface area contributed by atoms with Crippen LogP contribution in [0.5, 0.6) is 0 Å². The van der Waals surface area contributed by atoms with Crippen LogP contribution >= 0.6 is 0 Å². The van der Waals surface area contributed by atoms with Crippen molar-refractivity contribution in [2.24, 2.45) is 9.98 Å². The number of benzene rings is 7. The van der Waals surface area contributed by atoms with Gasteiger partial charge in [-0.15, -0.1) is 0 Å². The number of rotatable bonds is 4. The fourth-order valence-electron chi connectivity index (χ4n) is 7.03. The van der Waals surface area contributed by atoms with Gasteiger partial charge in [0.15, 0.2) is 5.84 Å². The van der Waals surface area contributed by atoms with Crippen molar-refractivity contribution < 1.29 is 4.42 Å². The maximum absolute atomic E-state index is 6.28. The summed E-state index contributed by atoms with van der Waals surface area (Å²) < 4.78 is 6.28. The number of hydrogen-bond acceptors (Lipinski definition) is 3. The van der Waals surface area contributed by atoms with Gasteiger partial charge in [0.1, 0.15) is 11.2 Å². The highest BCUT2D eigenvalue weighted by molar-refractivity contribution is 6.20. The van der Waals surface area contributed by atoms with Gasteiger partial charge in [0.2, 0.25) is 0 Å². The third-order valence-electron chi connectivity index (χ3n) is 9.28. The summed E-state index contributed by atoms with van der Waals surface area (Å²) in [5.41, 5.74) is 10.4. The van der Waals surface area contributed by atoms with Crippen molar-refractivity contribution >= 4 is 60.7 Å². The molecule has 0 spiro atoms. The van der Waals surface area contributed by atoms with E-state index in [1.165, 1.54) is 27.1 Å². The molecular weight excluding hydrogens is 572 g/mol. The predicted octanol–water partition coefficient (Wildman–Crippen LogP) is 11.6. The second kappa shape index (κ2) is 11.1. The molecule has 0 aliphatic carbocycles. The molecule has 1 aliphatic heterocycles. The van der Waals surface area contributed by atoms with Gasteiger partial charge in [-0.3, -0.25) is 0 Å². The van der Waals surface area contributed by atoms with E-state index in [1.807, 2.05) is 18.2 Å². The van der Waals surface area contributed by atoms with Gasteiger partial charge < -0.3 is 4.42 Å². The minimum Gasteiger partial charge on any atom is -0.456 e. The molecule has 0 atom stereocenters. The lowest BCUT2D eigenvalue weighted by molar-refractivity contribution is 0.669. The second-order valence-corrected chi connectivity index (χ2v) is 12.2. The molecule has 0 fully saturated rings. The predicted molar refractivity (Wildman–Crippen MR) is 197 cm³/mol. The van der Waals surface area contributed by atoms with Crippen LogP contribution in [0.4, 0.5) is 0 Å². The van der Waals surface area contributed by atoms with Crippen molar-refractivity contribution in [3.8, 4) is 11.1 Å². The Kier molecular flexibility index (Phi) is 6.43. The molecule has 3 heteroatoms. The highest BCUT2D eigenvalue weighted by Gasteiger charge is 2.21. The van der Waals surface area contributed by atoms with Crippen LogP contribution in [0.15, 0.2) is 172 Å². The van der Waals surface area contributed by atoms with Crippen molar-refractivity contribution in [2.75, 3.05) is 0 Å². The molecule has 8 aromatic rings. The van der Waals surface area contributed by atoms with E-state index in [0.29, 0.717) is 12.3 Å². The van der Waals surface area contributed by atoms with Gasteiger partial charge in [-0.05, 0) is 63.4 Å². The first kappa shape index (κ1) is 27.3. The van der Waals surface area contributed by atoms with Gasteiger partial charge in [-0.2, -0.15) is 0 Å². The fraction of sp³-hybridized carbons (Fsp3) is 0.0455. The second-order valence-electron chi connectivity index (χ2n) is 12.2. The molecule has 0 amide bonds. The van der Waals surface area contributed by atoms with E-state index in [2.05, 4.69) is 140 Å². The summed E-state index contributed by atoms with van der Waals surface area (Å²) in [5.74, 6) is 0.715. The smallest absolute Gasteiger partial charge is 0.160 e. The summed E-state index contributed by atoms with van der Waals surface area (Å²) in [6.45, 7) is 2.20. The van der Waals surface area contributed by atoms with E-state index in [-0.39, 0.29) is 0 Å².